The molecule has 4 nitrogen and oxygen atoms in total. The summed E-state index contributed by atoms with van der Waals surface area (Å²) < 4.78 is 0. The van der Waals surface area contributed by atoms with Gasteiger partial charge in [0.05, 0.1) is 5.56 Å². The normalized spacial score (nSPS) is 17.7. The van der Waals surface area contributed by atoms with Crippen LogP contribution in [0.1, 0.15) is 23.2 Å². The number of nitrogens with zero attached hydrogens (tertiary/aromatic N) is 1. The Kier molecular flexibility index (Phi) is 4.01. The highest BCUT2D eigenvalue weighted by Gasteiger charge is 2.34. The highest BCUT2D eigenvalue weighted by atomic mass is 32.1. The van der Waals surface area contributed by atoms with Crippen molar-refractivity contribution in [2.45, 2.75) is 18.9 Å². The van der Waals surface area contributed by atoms with Gasteiger partial charge in [0.2, 0.25) is 5.91 Å². The van der Waals surface area contributed by atoms with Crippen molar-refractivity contribution < 1.29 is 9.59 Å². The molecule has 1 N–H and O–H groups in total. The van der Waals surface area contributed by atoms with Crippen LogP contribution in [0.15, 0.2) is 47.2 Å². The summed E-state index contributed by atoms with van der Waals surface area (Å²) >= 11 is 1.49. The van der Waals surface area contributed by atoms with Gasteiger partial charge in [-0.25, -0.2) is 0 Å². The minimum atomic E-state index is -0.377. The lowest BCUT2D eigenvalue weighted by molar-refractivity contribution is -0.119. The Balaban J connectivity index is 1.72. The maximum absolute atomic E-state index is 12.4. The van der Waals surface area contributed by atoms with E-state index in [2.05, 4.69) is 5.32 Å². The molecule has 2 aromatic rings. The fraction of sp³-hybridized carbons (Fsp3) is 0.250. The molecule has 2 heterocycles. The Morgan fingerprint density at radius 1 is 1.19 bits per heavy atom. The van der Waals surface area contributed by atoms with Crippen LogP contribution in [0, 0.1) is 0 Å². The van der Waals surface area contributed by atoms with Crippen LogP contribution in [0.5, 0.6) is 0 Å². The first kappa shape index (κ1) is 13.8. The minimum Gasteiger partial charge on any atom is -0.327 e. The van der Waals surface area contributed by atoms with E-state index in [-0.39, 0.29) is 17.9 Å². The summed E-state index contributed by atoms with van der Waals surface area (Å²) in [4.78, 5) is 26.5. The van der Waals surface area contributed by atoms with Crippen molar-refractivity contribution in [2.75, 3.05) is 11.9 Å². The van der Waals surface area contributed by atoms with Crippen LogP contribution in [-0.2, 0) is 4.79 Å². The standard InChI is InChI=1S/C16H16N2O2S/c19-15(17-13-5-2-1-3-6-13)14-7-4-9-18(14)16(20)12-8-10-21-11-12/h1-3,5-6,8,10-11,14H,4,7,9H2,(H,17,19). The molecule has 1 fully saturated rings. The molecule has 5 heteroatoms. The molecule has 1 atom stereocenters. The van der Waals surface area contributed by atoms with E-state index in [1.807, 2.05) is 41.1 Å². The van der Waals surface area contributed by atoms with Gasteiger partial charge in [0.25, 0.3) is 5.91 Å². The lowest BCUT2D eigenvalue weighted by Crippen LogP contribution is -2.43. The summed E-state index contributed by atoms with van der Waals surface area (Å²) in [5.74, 6) is -0.163. The molecule has 1 aromatic heterocycles. The molecule has 1 aliphatic rings. The van der Waals surface area contributed by atoms with Crippen molar-refractivity contribution in [3.63, 3.8) is 0 Å². The summed E-state index contributed by atoms with van der Waals surface area (Å²) in [7, 11) is 0. The number of hydrogen-bond donors (Lipinski definition) is 1. The second-order valence-corrected chi connectivity index (χ2v) is 5.80. The highest BCUT2D eigenvalue weighted by molar-refractivity contribution is 7.08. The molecule has 1 aromatic carbocycles. The fourth-order valence-electron chi connectivity index (χ4n) is 2.58. The van der Waals surface area contributed by atoms with Crippen molar-refractivity contribution in [3.8, 4) is 0 Å². The number of para-hydroxylation sites is 1. The number of carbonyl (C=O) groups excluding carboxylic acids is 2. The number of amides is 2. The SMILES string of the molecule is O=C(Nc1ccccc1)C1CCCN1C(=O)c1ccsc1. The largest absolute Gasteiger partial charge is 0.327 e. The summed E-state index contributed by atoms with van der Waals surface area (Å²) in [5.41, 5.74) is 1.43. The second kappa shape index (κ2) is 6.10. The number of carbonyl (C=O) groups is 2. The number of likely N-dealkylation sites (tertiary alicyclic amines) is 1. The zero-order valence-corrected chi connectivity index (χ0v) is 12.3. The van der Waals surface area contributed by atoms with Crippen molar-refractivity contribution in [1.82, 2.24) is 4.90 Å². The van der Waals surface area contributed by atoms with Crippen LogP contribution >= 0.6 is 11.3 Å². The third kappa shape index (κ3) is 2.97. The zero-order valence-electron chi connectivity index (χ0n) is 11.5. The molecule has 0 radical (unpaired) electrons. The third-order valence-electron chi connectivity index (χ3n) is 3.63. The Morgan fingerprint density at radius 2 is 2.00 bits per heavy atom. The van der Waals surface area contributed by atoms with Crippen LogP contribution in [-0.4, -0.2) is 29.3 Å². The first-order valence-electron chi connectivity index (χ1n) is 6.95. The number of anilines is 1. The Bertz CT molecular complexity index is 625. The average molecular weight is 300 g/mol. The summed E-state index contributed by atoms with van der Waals surface area (Å²) in [6, 6.07) is 10.8. The summed E-state index contributed by atoms with van der Waals surface area (Å²) in [6.07, 6.45) is 1.58. The van der Waals surface area contributed by atoms with Crippen molar-refractivity contribution in [3.05, 3.63) is 52.7 Å². The molecule has 1 unspecified atom stereocenters. The number of hydrogen-bond acceptors (Lipinski definition) is 3. The van der Waals surface area contributed by atoms with Gasteiger partial charge in [-0.2, -0.15) is 11.3 Å². The van der Waals surface area contributed by atoms with E-state index in [1.54, 1.807) is 11.0 Å². The average Bonchev–Trinajstić information content (AvgIpc) is 3.19. The van der Waals surface area contributed by atoms with Crippen molar-refractivity contribution in [2.24, 2.45) is 0 Å². The molecule has 3 rings (SSSR count). The molecular formula is C16H16N2O2S. The highest BCUT2D eigenvalue weighted by Crippen LogP contribution is 2.22. The van der Waals surface area contributed by atoms with E-state index in [4.69, 9.17) is 0 Å². The molecule has 0 bridgehead atoms. The lowest BCUT2D eigenvalue weighted by atomic mass is 10.2. The smallest absolute Gasteiger partial charge is 0.255 e. The maximum atomic E-state index is 12.4. The molecule has 0 saturated carbocycles. The summed E-state index contributed by atoms with van der Waals surface area (Å²) in [6.45, 7) is 0.640. The van der Waals surface area contributed by atoms with E-state index in [0.717, 1.165) is 12.1 Å². The topological polar surface area (TPSA) is 49.4 Å². The van der Waals surface area contributed by atoms with E-state index >= 15 is 0 Å². The van der Waals surface area contributed by atoms with Crippen LogP contribution in [0.3, 0.4) is 0 Å². The molecule has 21 heavy (non-hydrogen) atoms. The van der Waals surface area contributed by atoms with E-state index in [0.29, 0.717) is 18.5 Å². The molecule has 0 spiro atoms. The van der Waals surface area contributed by atoms with Gasteiger partial charge in [0.1, 0.15) is 6.04 Å². The molecule has 108 valence electrons. The third-order valence-corrected chi connectivity index (χ3v) is 4.31. The number of benzene rings is 1. The monoisotopic (exact) mass is 300 g/mol. The summed E-state index contributed by atoms with van der Waals surface area (Å²) in [5, 5.41) is 6.59. The van der Waals surface area contributed by atoms with Gasteiger partial charge in [0, 0.05) is 17.6 Å². The minimum absolute atomic E-state index is 0.0537. The molecule has 1 aliphatic heterocycles. The second-order valence-electron chi connectivity index (χ2n) is 5.02. The number of thiophene rings is 1. The molecule has 1 saturated heterocycles. The van der Waals surface area contributed by atoms with Gasteiger partial charge >= 0.3 is 0 Å². The van der Waals surface area contributed by atoms with E-state index < -0.39 is 0 Å². The molecule has 2 amide bonds. The number of nitrogens with one attached hydrogen (secondary N) is 1. The van der Waals surface area contributed by atoms with Gasteiger partial charge in [-0.3, -0.25) is 9.59 Å². The van der Waals surface area contributed by atoms with Crippen LogP contribution in [0.25, 0.3) is 0 Å². The van der Waals surface area contributed by atoms with Crippen LogP contribution < -0.4 is 5.32 Å². The van der Waals surface area contributed by atoms with Gasteiger partial charge in [-0.1, -0.05) is 18.2 Å². The lowest BCUT2D eigenvalue weighted by Gasteiger charge is -2.23. The van der Waals surface area contributed by atoms with Gasteiger partial charge in [0.15, 0.2) is 0 Å². The zero-order chi connectivity index (χ0) is 14.7. The first-order valence-corrected chi connectivity index (χ1v) is 7.89. The maximum Gasteiger partial charge on any atom is 0.255 e. The van der Waals surface area contributed by atoms with Gasteiger partial charge in [-0.05, 0) is 36.4 Å². The first-order chi connectivity index (χ1) is 10.3. The predicted molar refractivity (Wildman–Crippen MR) is 83.4 cm³/mol. The predicted octanol–water partition coefficient (Wildman–Crippen LogP) is 2.99. The Labute approximate surface area is 127 Å². The van der Waals surface area contributed by atoms with Gasteiger partial charge < -0.3 is 10.2 Å². The van der Waals surface area contributed by atoms with E-state index in [9.17, 15) is 9.59 Å². The van der Waals surface area contributed by atoms with Crippen molar-refractivity contribution in [1.29, 1.82) is 0 Å². The van der Waals surface area contributed by atoms with E-state index in [1.165, 1.54) is 11.3 Å². The molecular weight excluding hydrogens is 284 g/mol. The fourth-order valence-corrected chi connectivity index (χ4v) is 3.21. The Morgan fingerprint density at radius 3 is 2.71 bits per heavy atom. The van der Waals surface area contributed by atoms with Crippen LogP contribution in [0.4, 0.5) is 5.69 Å². The quantitative estimate of drug-likeness (QED) is 0.947. The Hall–Kier alpha value is -2.14. The van der Waals surface area contributed by atoms with Crippen molar-refractivity contribution >= 4 is 28.8 Å². The number of rotatable bonds is 3. The van der Waals surface area contributed by atoms with Gasteiger partial charge in [-0.15, -0.1) is 0 Å². The molecule has 0 aliphatic carbocycles. The van der Waals surface area contributed by atoms with Crippen LogP contribution in [0.2, 0.25) is 0 Å².